The Labute approximate surface area is 123 Å². The molecule has 0 aliphatic carbocycles. The van der Waals surface area contributed by atoms with Gasteiger partial charge in [0.2, 0.25) is 0 Å². The molecule has 108 valence electrons. The summed E-state index contributed by atoms with van der Waals surface area (Å²) in [6.45, 7) is 8.18. The Morgan fingerprint density at radius 1 is 1.11 bits per heavy atom. The first-order valence-electron chi connectivity index (χ1n) is 6.19. The summed E-state index contributed by atoms with van der Waals surface area (Å²) >= 11 is 3.49. The molecule has 0 unspecified atom stereocenters. The molecule has 0 N–H and O–H groups in total. The Kier molecular flexibility index (Phi) is 6.54. The molecule has 0 amide bonds. The van der Waals surface area contributed by atoms with Gasteiger partial charge in [0.05, 0.1) is 13.2 Å². The minimum Gasteiger partial charge on any atom is -0.481 e. The molecule has 0 aliphatic rings. The monoisotopic (exact) mass is 350 g/mol. The summed E-state index contributed by atoms with van der Waals surface area (Å²) in [6, 6.07) is 3.78. The molecule has 6 heteroatoms. The Morgan fingerprint density at radius 3 is 2.00 bits per heavy atom. The first-order valence-corrected chi connectivity index (χ1v) is 8.71. The van der Waals surface area contributed by atoms with E-state index < -0.39 is 7.60 Å². The van der Waals surface area contributed by atoms with Crippen LogP contribution < -0.4 is 4.74 Å². The minimum absolute atomic E-state index is 0.0742. The fraction of sp³-hybridized carbons (Fsp3) is 0.538. The summed E-state index contributed by atoms with van der Waals surface area (Å²) < 4.78 is 29.2. The topological polar surface area (TPSA) is 44.8 Å². The minimum atomic E-state index is -3.16. The van der Waals surface area contributed by atoms with E-state index in [1.165, 1.54) is 0 Å². The van der Waals surface area contributed by atoms with Gasteiger partial charge in [0.25, 0.3) is 0 Å². The van der Waals surface area contributed by atoms with Gasteiger partial charge in [-0.1, -0.05) is 15.9 Å². The summed E-state index contributed by atoms with van der Waals surface area (Å²) in [7, 11) is -3.16. The first-order chi connectivity index (χ1) is 8.91. The van der Waals surface area contributed by atoms with E-state index in [0.29, 0.717) is 19.0 Å². The molecular formula is C13H20BrO4P. The number of halogens is 1. The van der Waals surface area contributed by atoms with Crippen LogP contribution in [0.1, 0.15) is 25.0 Å². The molecular weight excluding hydrogens is 331 g/mol. The Hall–Kier alpha value is -0.350. The van der Waals surface area contributed by atoms with Crippen LogP contribution in [0.25, 0.3) is 0 Å². The molecule has 0 fully saturated rings. The van der Waals surface area contributed by atoms with Crippen LogP contribution in [0.3, 0.4) is 0 Å². The molecule has 0 bridgehead atoms. The average Bonchev–Trinajstić information content (AvgIpc) is 2.34. The van der Waals surface area contributed by atoms with Crippen molar-refractivity contribution in [3.63, 3.8) is 0 Å². The SMILES string of the molecule is CCOP(=O)(COc1cc(C)c(Br)c(C)c1)OCC. The predicted molar refractivity (Wildman–Crippen MR) is 80.0 cm³/mol. The lowest BCUT2D eigenvalue weighted by Crippen LogP contribution is -2.06. The largest absolute Gasteiger partial charge is 0.481 e. The van der Waals surface area contributed by atoms with Crippen molar-refractivity contribution in [2.75, 3.05) is 19.6 Å². The van der Waals surface area contributed by atoms with Crippen LogP contribution in [0.5, 0.6) is 5.75 Å². The highest BCUT2D eigenvalue weighted by Gasteiger charge is 2.24. The number of benzene rings is 1. The lowest BCUT2D eigenvalue weighted by Gasteiger charge is -2.18. The van der Waals surface area contributed by atoms with Crippen molar-refractivity contribution in [3.8, 4) is 5.75 Å². The number of hydrogen-bond acceptors (Lipinski definition) is 4. The summed E-state index contributed by atoms with van der Waals surface area (Å²) in [5, 5.41) is 0. The van der Waals surface area contributed by atoms with Crippen LogP contribution in [0.2, 0.25) is 0 Å². The fourth-order valence-corrected chi connectivity index (χ4v) is 3.19. The Morgan fingerprint density at radius 2 is 1.58 bits per heavy atom. The molecule has 1 aromatic rings. The van der Waals surface area contributed by atoms with E-state index in [2.05, 4.69) is 15.9 Å². The molecule has 0 saturated carbocycles. The van der Waals surface area contributed by atoms with Gasteiger partial charge in [-0.05, 0) is 51.0 Å². The van der Waals surface area contributed by atoms with Crippen molar-refractivity contribution in [1.29, 1.82) is 0 Å². The van der Waals surface area contributed by atoms with E-state index in [0.717, 1.165) is 15.6 Å². The maximum absolute atomic E-state index is 12.2. The second-order valence-corrected chi connectivity index (χ2v) is 6.88. The zero-order valence-electron chi connectivity index (χ0n) is 11.7. The van der Waals surface area contributed by atoms with Crippen molar-refractivity contribution in [1.82, 2.24) is 0 Å². The summed E-state index contributed by atoms with van der Waals surface area (Å²) in [5.74, 6) is 0.665. The van der Waals surface area contributed by atoms with Crippen LogP contribution in [0.15, 0.2) is 16.6 Å². The highest BCUT2D eigenvalue weighted by atomic mass is 79.9. The summed E-state index contributed by atoms with van der Waals surface area (Å²) in [6.07, 6.45) is -0.0742. The van der Waals surface area contributed by atoms with E-state index in [4.69, 9.17) is 13.8 Å². The molecule has 0 spiro atoms. The normalized spacial score (nSPS) is 11.6. The second kappa shape index (κ2) is 7.44. The number of rotatable bonds is 7. The van der Waals surface area contributed by atoms with Gasteiger partial charge in [-0.3, -0.25) is 4.57 Å². The number of ether oxygens (including phenoxy) is 1. The van der Waals surface area contributed by atoms with Crippen LogP contribution in [0.4, 0.5) is 0 Å². The highest BCUT2D eigenvalue weighted by Crippen LogP contribution is 2.48. The zero-order valence-corrected chi connectivity index (χ0v) is 14.2. The van der Waals surface area contributed by atoms with Gasteiger partial charge < -0.3 is 13.8 Å². The van der Waals surface area contributed by atoms with Crippen molar-refractivity contribution >= 4 is 23.5 Å². The van der Waals surface area contributed by atoms with Gasteiger partial charge in [-0.15, -0.1) is 0 Å². The van der Waals surface area contributed by atoms with Gasteiger partial charge in [0.15, 0.2) is 6.35 Å². The molecule has 0 radical (unpaired) electrons. The molecule has 1 rings (SSSR count). The molecule has 0 heterocycles. The molecule has 0 atom stereocenters. The average molecular weight is 351 g/mol. The maximum atomic E-state index is 12.2. The summed E-state index contributed by atoms with van der Waals surface area (Å²) in [5.41, 5.74) is 2.13. The van der Waals surface area contributed by atoms with Crippen LogP contribution in [0, 0.1) is 13.8 Å². The maximum Gasteiger partial charge on any atom is 0.367 e. The van der Waals surface area contributed by atoms with Gasteiger partial charge in [-0.2, -0.15) is 0 Å². The predicted octanol–water partition coefficient (Wildman–Crippen LogP) is 4.67. The molecule has 0 saturated heterocycles. The van der Waals surface area contributed by atoms with Gasteiger partial charge >= 0.3 is 7.60 Å². The van der Waals surface area contributed by atoms with E-state index >= 15 is 0 Å². The molecule has 4 nitrogen and oxygen atoms in total. The number of aryl methyl sites for hydroxylation is 2. The molecule has 1 aromatic carbocycles. The van der Waals surface area contributed by atoms with Gasteiger partial charge in [-0.25, -0.2) is 0 Å². The molecule has 0 aromatic heterocycles. The lowest BCUT2D eigenvalue weighted by molar-refractivity contribution is 0.197. The quantitative estimate of drug-likeness (QED) is 0.670. The van der Waals surface area contributed by atoms with E-state index in [1.54, 1.807) is 13.8 Å². The second-order valence-electron chi connectivity index (χ2n) is 4.09. The molecule has 19 heavy (non-hydrogen) atoms. The summed E-state index contributed by atoms with van der Waals surface area (Å²) in [4.78, 5) is 0. The van der Waals surface area contributed by atoms with Crippen LogP contribution in [-0.4, -0.2) is 19.6 Å². The van der Waals surface area contributed by atoms with Crippen LogP contribution in [-0.2, 0) is 13.6 Å². The first kappa shape index (κ1) is 16.7. The van der Waals surface area contributed by atoms with Crippen molar-refractivity contribution < 1.29 is 18.3 Å². The van der Waals surface area contributed by atoms with Crippen molar-refractivity contribution in [2.45, 2.75) is 27.7 Å². The van der Waals surface area contributed by atoms with Crippen LogP contribution >= 0.6 is 23.5 Å². The third-order valence-electron chi connectivity index (χ3n) is 2.45. The Balaban J connectivity index is 2.77. The van der Waals surface area contributed by atoms with E-state index in [1.807, 2.05) is 26.0 Å². The smallest absolute Gasteiger partial charge is 0.367 e. The fourth-order valence-electron chi connectivity index (χ4n) is 1.65. The van der Waals surface area contributed by atoms with Crippen molar-refractivity contribution in [3.05, 3.63) is 27.7 Å². The van der Waals surface area contributed by atoms with Gasteiger partial charge in [0, 0.05) is 4.47 Å². The van der Waals surface area contributed by atoms with E-state index in [9.17, 15) is 4.57 Å². The lowest BCUT2D eigenvalue weighted by atomic mass is 10.1. The van der Waals surface area contributed by atoms with E-state index in [-0.39, 0.29) is 6.35 Å². The van der Waals surface area contributed by atoms with Crippen molar-refractivity contribution in [2.24, 2.45) is 0 Å². The number of hydrogen-bond donors (Lipinski definition) is 0. The Bertz CT molecular complexity index is 443. The highest BCUT2D eigenvalue weighted by molar-refractivity contribution is 9.10. The third kappa shape index (κ3) is 4.92. The zero-order chi connectivity index (χ0) is 14.5. The standard InChI is InChI=1S/C13H20BrO4P/c1-5-17-19(15,18-6-2)9-16-12-7-10(3)13(14)11(4)8-12/h7-8H,5-6,9H2,1-4H3. The van der Waals surface area contributed by atoms with Gasteiger partial charge in [0.1, 0.15) is 5.75 Å². The third-order valence-corrected chi connectivity index (χ3v) is 5.45. The molecule has 0 aliphatic heterocycles.